The molecule has 0 aromatic heterocycles. The van der Waals surface area contributed by atoms with E-state index >= 15 is 0 Å². The van der Waals surface area contributed by atoms with Gasteiger partial charge in [-0.25, -0.2) is 0 Å². The highest BCUT2D eigenvalue weighted by Gasteiger charge is 2.45. The predicted octanol–water partition coefficient (Wildman–Crippen LogP) is 1.61. The number of halogens is 3. The normalized spacial score (nSPS) is 25.2. The third-order valence-corrected chi connectivity index (χ3v) is 2.65. The fourth-order valence-corrected chi connectivity index (χ4v) is 1.89. The Morgan fingerprint density at radius 2 is 2.06 bits per heavy atom. The molecule has 1 fully saturated rings. The second kappa shape index (κ2) is 5.53. The molecule has 1 aliphatic rings. The lowest BCUT2D eigenvalue weighted by atomic mass is 9.92. The van der Waals surface area contributed by atoms with Crippen molar-refractivity contribution in [1.82, 2.24) is 10.6 Å². The number of hydrogen-bond acceptors (Lipinski definition) is 2. The Balaban J connectivity index is 2.66. The highest BCUT2D eigenvalue weighted by Crippen LogP contribution is 2.32. The summed E-state index contributed by atoms with van der Waals surface area (Å²) < 4.78 is 38.1. The predicted molar refractivity (Wildman–Crippen MR) is 58.4 cm³/mol. The van der Waals surface area contributed by atoms with Crippen molar-refractivity contribution in [2.75, 3.05) is 13.1 Å². The van der Waals surface area contributed by atoms with Crippen LogP contribution in [-0.2, 0) is 4.79 Å². The zero-order chi connectivity index (χ0) is 13.1. The summed E-state index contributed by atoms with van der Waals surface area (Å²) in [5, 5.41) is 5.27. The number of hydrogen-bond donors (Lipinski definition) is 2. The molecule has 1 amide bonds. The molecule has 1 saturated heterocycles. The van der Waals surface area contributed by atoms with E-state index in [0.29, 0.717) is 6.54 Å². The van der Waals surface area contributed by atoms with Gasteiger partial charge in [-0.2, -0.15) is 13.2 Å². The van der Waals surface area contributed by atoms with Gasteiger partial charge in [0, 0.05) is 12.6 Å². The molecule has 1 aliphatic heterocycles. The van der Waals surface area contributed by atoms with E-state index in [1.807, 2.05) is 0 Å². The Morgan fingerprint density at radius 1 is 1.41 bits per heavy atom. The van der Waals surface area contributed by atoms with Gasteiger partial charge in [-0.15, -0.1) is 0 Å². The van der Waals surface area contributed by atoms with Gasteiger partial charge in [-0.1, -0.05) is 5.57 Å². The maximum atomic E-state index is 12.7. The summed E-state index contributed by atoms with van der Waals surface area (Å²) >= 11 is 0. The van der Waals surface area contributed by atoms with Crippen LogP contribution in [0.4, 0.5) is 13.2 Å². The van der Waals surface area contributed by atoms with Gasteiger partial charge in [0.05, 0.1) is 12.0 Å². The fourth-order valence-electron chi connectivity index (χ4n) is 1.89. The smallest absolute Gasteiger partial charge is 0.348 e. The lowest BCUT2D eigenvalue weighted by Crippen LogP contribution is -2.55. The molecular formula is C11H17F3N2O. The van der Waals surface area contributed by atoms with Crippen molar-refractivity contribution in [3.8, 4) is 0 Å². The Labute approximate surface area is 98.5 Å². The van der Waals surface area contributed by atoms with Crippen LogP contribution in [0.3, 0.4) is 0 Å². The molecule has 0 aromatic carbocycles. The van der Waals surface area contributed by atoms with Crippen molar-refractivity contribution in [3.05, 3.63) is 11.6 Å². The first kappa shape index (κ1) is 14.0. The first-order chi connectivity index (χ1) is 7.80. The van der Waals surface area contributed by atoms with Crippen LogP contribution >= 0.6 is 0 Å². The van der Waals surface area contributed by atoms with E-state index in [4.69, 9.17) is 0 Å². The van der Waals surface area contributed by atoms with Crippen molar-refractivity contribution < 1.29 is 18.0 Å². The van der Waals surface area contributed by atoms with Crippen LogP contribution in [0.25, 0.3) is 0 Å². The number of alkyl halides is 3. The highest BCUT2D eigenvalue weighted by atomic mass is 19.4. The van der Waals surface area contributed by atoms with Crippen LogP contribution in [0.2, 0.25) is 0 Å². The van der Waals surface area contributed by atoms with E-state index in [-0.39, 0.29) is 13.0 Å². The number of carbonyl (C=O) groups is 1. The van der Waals surface area contributed by atoms with E-state index in [1.54, 1.807) is 13.8 Å². The minimum absolute atomic E-state index is 0.00324. The van der Waals surface area contributed by atoms with Crippen LogP contribution in [0.5, 0.6) is 0 Å². The van der Waals surface area contributed by atoms with Crippen LogP contribution in [0, 0.1) is 5.92 Å². The number of rotatable bonds is 2. The van der Waals surface area contributed by atoms with Crippen LogP contribution in [0.15, 0.2) is 11.6 Å². The van der Waals surface area contributed by atoms with Gasteiger partial charge in [-0.3, -0.25) is 4.79 Å². The van der Waals surface area contributed by atoms with Crippen LogP contribution < -0.4 is 10.6 Å². The van der Waals surface area contributed by atoms with Gasteiger partial charge < -0.3 is 10.6 Å². The second-order valence-electron chi connectivity index (χ2n) is 4.48. The van der Waals surface area contributed by atoms with E-state index < -0.39 is 24.0 Å². The Morgan fingerprint density at radius 3 is 2.59 bits per heavy atom. The summed E-state index contributed by atoms with van der Waals surface area (Å²) in [4.78, 5) is 11.4. The molecule has 98 valence electrons. The maximum absolute atomic E-state index is 12.7. The van der Waals surface area contributed by atoms with Gasteiger partial charge >= 0.3 is 6.18 Å². The molecule has 0 saturated carbocycles. The first-order valence-corrected chi connectivity index (χ1v) is 5.53. The quantitative estimate of drug-likeness (QED) is 0.731. The van der Waals surface area contributed by atoms with Gasteiger partial charge in [0.25, 0.3) is 0 Å². The number of piperidine rings is 1. The zero-order valence-electron chi connectivity index (χ0n) is 9.90. The molecule has 0 aliphatic carbocycles. The molecule has 1 heterocycles. The number of carbonyl (C=O) groups excluding carboxylic acids is 1. The van der Waals surface area contributed by atoms with Crippen molar-refractivity contribution in [1.29, 1.82) is 0 Å². The van der Waals surface area contributed by atoms with E-state index in [9.17, 15) is 18.0 Å². The first-order valence-electron chi connectivity index (χ1n) is 5.53. The van der Waals surface area contributed by atoms with Crippen LogP contribution in [0.1, 0.15) is 20.3 Å². The van der Waals surface area contributed by atoms with Crippen molar-refractivity contribution in [3.63, 3.8) is 0 Å². The molecule has 2 N–H and O–H groups in total. The van der Waals surface area contributed by atoms with Gasteiger partial charge in [0.1, 0.15) is 0 Å². The summed E-state index contributed by atoms with van der Waals surface area (Å²) in [5.41, 5.74) is 0.759. The summed E-state index contributed by atoms with van der Waals surface area (Å²) in [6.45, 7) is 3.94. The summed E-state index contributed by atoms with van der Waals surface area (Å²) in [6.07, 6.45) is -2.95. The van der Waals surface area contributed by atoms with Crippen molar-refractivity contribution in [2.24, 2.45) is 5.92 Å². The Bertz CT molecular complexity index is 308. The third kappa shape index (κ3) is 4.38. The molecule has 0 radical (unpaired) electrons. The SMILES string of the molecule is CC(C)=CC(=O)NC1CNCCC1C(F)(F)F. The average Bonchev–Trinajstić information content (AvgIpc) is 2.15. The zero-order valence-corrected chi connectivity index (χ0v) is 9.90. The van der Waals surface area contributed by atoms with Crippen molar-refractivity contribution >= 4 is 5.91 Å². The minimum atomic E-state index is -4.26. The minimum Gasteiger partial charge on any atom is -0.348 e. The lowest BCUT2D eigenvalue weighted by Gasteiger charge is -2.33. The summed E-state index contributed by atoms with van der Waals surface area (Å²) in [7, 11) is 0. The summed E-state index contributed by atoms with van der Waals surface area (Å²) in [5.74, 6) is -1.92. The standard InChI is InChI=1S/C11H17F3N2O/c1-7(2)5-10(17)16-9-6-15-4-3-8(9)11(12,13)14/h5,8-9,15H,3-4,6H2,1-2H3,(H,16,17). The largest absolute Gasteiger partial charge is 0.393 e. The molecule has 1 rings (SSSR count). The molecule has 2 unspecified atom stereocenters. The third-order valence-electron chi connectivity index (χ3n) is 2.65. The number of nitrogens with one attached hydrogen (secondary N) is 2. The Kier molecular flexibility index (Phi) is 4.56. The monoisotopic (exact) mass is 250 g/mol. The maximum Gasteiger partial charge on any atom is 0.393 e. The molecular weight excluding hydrogens is 233 g/mol. The molecule has 2 atom stereocenters. The Hall–Kier alpha value is -1.04. The topological polar surface area (TPSA) is 41.1 Å². The van der Waals surface area contributed by atoms with Crippen LogP contribution in [-0.4, -0.2) is 31.2 Å². The molecule has 0 spiro atoms. The molecule has 0 bridgehead atoms. The van der Waals surface area contributed by atoms with Crippen molar-refractivity contribution in [2.45, 2.75) is 32.5 Å². The van der Waals surface area contributed by atoms with Gasteiger partial charge in [0.2, 0.25) is 5.91 Å². The second-order valence-corrected chi connectivity index (χ2v) is 4.48. The average molecular weight is 250 g/mol. The molecule has 17 heavy (non-hydrogen) atoms. The van der Waals surface area contributed by atoms with E-state index in [0.717, 1.165) is 5.57 Å². The van der Waals surface area contributed by atoms with Gasteiger partial charge in [0.15, 0.2) is 0 Å². The summed E-state index contributed by atoms with van der Waals surface area (Å²) in [6, 6.07) is -0.883. The molecule has 0 aromatic rings. The number of allylic oxidation sites excluding steroid dienone is 1. The van der Waals surface area contributed by atoms with Gasteiger partial charge in [-0.05, 0) is 26.8 Å². The molecule has 6 heteroatoms. The molecule has 3 nitrogen and oxygen atoms in total. The highest BCUT2D eigenvalue weighted by molar-refractivity contribution is 5.88. The van der Waals surface area contributed by atoms with E-state index in [1.165, 1.54) is 6.08 Å². The van der Waals surface area contributed by atoms with E-state index in [2.05, 4.69) is 10.6 Å². The number of amides is 1. The fraction of sp³-hybridized carbons (Fsp3) is 0.727. The lowest BCUT2D eigenvalue weighted by molar-refractivity contribution is -0.187.